The third-order valence-electron chi connectivity index (χ3n) is 3.34. The summed E-state index contributed by atoms with van der Waals surface area (Å²) in [5, 5.41) is 14.8. The number of nitrogens with two attached hydrogens (primary N) is 2. The van der Waals surface area contributed by atoms with Crippen LogP contribution in [0.2, 0.25) is 5.02 Å². The van der Waals surface area contributed by atoms with Gasteiger partial charge in [0.05, 0.1) is 22.0 Å². The zero-order chi connectivity index (χ0) is 19.9. The highest BCUT2D eigenvalue weighted by Gasteiger charge is 2.27. The number of rotatable bonds is 4. The number of nitrogens with one attached hydrogen (secondary N) is 1. The first kappa shape index (κ1) is 19.7. The van der Waals surface area contributed by atoms with Gasteiger partial charge in [0, 0.05) is 3.57 Å². The van der Waals surface area contributed by atoms with Crippen LogP contribution >= 0.6 is 34.2 Å². The van der Waals surface area contributed by atoms with Crippen molar-refractivity contribution in [3.8, 4) is 11.5 Å². The van der Waals surface area contributed by atoms with Crippen LogP contribution in [0.5, 0.6) is 0 Å². The van der Waals surface area contributed by atoms with Crippen LogP contribution in [0.3, 0.4) is 0 Å². The van der Waals surface area contributed by atoms with E-state index in [9.17, 15) is 17.2 Å². The fourth-order valence-electron chi connectivity index (χ4n) is 2.17. The van der Waals surface area contributed by atoms with Gasteiger partial charge in [0.1, 0.15) is 4.90 Å². The molecule has 0 aliphatic heterocycles. The zero-order valence-electron chi connectivity index (χ0n) is 13.0. The monoisotopic (exact) mass is 527 g/mol. The van der Waals surface area contributed by atoms with Crippen LogP contribution in [0.1, 0.15) is 0 Å². The highest BCUT2D eigenvalue weighted by Crippen LogP contribution is 2.38. The van der Waals surface area contributed by atoms with E-state index in [1.807, 2.05) is 22.6 Å². The molecule has 0 saturated heterocycles. The Kier molecular flexibility index (Phi) is 5.24. The normalized spacial score (nSPS) is 11.6. The molecule has 142 valence electrons. The van der Waals surface area contributed by atoms with Gasteiger partial charge in [-0.2, -0.15) is 0 Å². The van der Waals surface area contributed by atoms with E-state index in [1.165, 1.54) is 6.07 Å². The van der Waals surface area contributed by atoms with Gasteiger partial charge in [-0.1, -0.05) is 16.7 Å². The van der Waals surface area contributed by atoms with Crippen molar-refractivity contribution in [3.05, 3.63) is 44.5 Å². The summed E-state index contributed by atoms with van der Waals surface area (Å²) in [7, 11) is -4.57. The summed E-state index contributed by atoms with van der Waals surface area (Å²) in [6, 6.07) is 5.20. The summed E-state index contributed by atoms with van der Waals surface area (Å²) in [5.74, 6) is -3.54. The minimum Gasteiger partial charge on any atom is -0.403 e. The summed E-state index contributed by atoms with van der Waals surface area (Å²) >= 11 is 8.13. The van der Waals surface area contributed by atoms with Crippen molar-refractivity contribution in [1.82, 2.24) is 10.2 Å². The van der Waals surface area contributed by atoms with Crippen molar-refractivity contribution in [2.45, 2.75) is 4.90 Å². The van der Waals surface area contributed by atoms with Crippen LogP contribution in [0.25, 0.3) is 11.5 Å². The van der Waals surface area contributed by atoms with Crippen LogP contribution in [0.15, 0.2) is 33.6 Å². The van der Waals surface area contributed by atoms with Gasteiger partial charge in [-0.25, -0.2) is 22.3 Å². The Morgan fingerprint density at radius 3 is 2.44 bits per heavy atom. The van der Waals surface area contributed by atoms with Gasteiger partial charge in [0.15, 0.2) is 11.6 Å². The molecule has 0 aliphatic rings. The quantitative estimate of drug-likeness (QED) is 0.443. The van der Waals surface area contributed by atoms with Crippen molar-refractivity contribution in [3.63, 3.8) is 0 Å². The maximum Gasteiger partial charge on any atom is 0.313 e. The van der Waals surface area contributed by atoms with E-state index in [-0.39, 0.29) is 28.2 Å². The molecule has 0 spiro atoms. The predicted octanol–water partition coefficient (Wildman–Crippen LogP) is 3.25. The van der Waals surface area contributed by atoms with Crippen LogP contribution in [0, 0.1) is 15.2 Å². The van der Waals surface area contributed by atoms with Crippen LogP contribution in [-0.4, -0.2) is 18.6 Å². The molecule has 8 nitrogen and oxygen atoms in total. The molecule has 2 aromatic carbocycles. The van der Waals surface area contributed by atoms with E-state index >= 15 is 0 Å². The lowest BCUT2D eigenvalue weighted by Crippen LogP contribution is -2.16. The smallest absolute Gasteiger partial charge is 0.313 e. The number of hydrogen-bond acceptors (Lipinski definition) is 7. The zero-order valence-corrected chi connectivity index (χ0v) is 16.7. The van der Waals surface area contributed by atoms with E-state index in [0.717, 1.165) is 9.64 Å². The van der Waals surface area contributed by atoms with Crippen molar-refractivity contribution in [1.29, 1.82) is 0 Å². The van der Waals surface area contributed by atoms with Gasteiger partial charge >= 0.3 is 6.01 Å². The summed E-state index contributed by atoms with van der Waals surface area (Å²) in [6.45, 7) is 0. The summed E-state index contributed by atoms with van der Waals surface area (Å²) in [5.41, 5.74) is 4.84. The van der Waals surface area contributed by atoms with Crippen molar-refractivity contribution in [2.75, 3.05) is 11.1 Å². The molecule has 13 heteroatoms. The lowest BCUT2D eigenvalue weighted by Gasteiger charge is -2.15. The number of nitrogen functional groups attached to an aromatic ring is 1. The third-order valence-corrected chi connectivity index (χ3v) is 5.24. The van der Waals surface area contributed by atoms with Crippen molar-refractivity contribution < 1.29 is 21.6 Å². The lowest BCUT2D eigenvalue weighted by molar-refractivity contribution is 0.487. The van der Waals surface area contributed by atoms with E-state index in [1.54, 1.807) is 12.1 Å². The average Bonchev–Trinajstić information content (AvgIpc) is 2.99. The first-order valence-corrected chi connectivity index (χ1v) is 9.94. The number of aromatic nitrogens is 2. The first-order valence-electron chi connectivity index (χ1n) is 6.94. The second-order valence-corrected chi connectivity index (χ2v) is 8.35. The minimum absolute atomic E-state index is 0.216. The van der Waals surface area contributed by atoms with Crippen LogP contribution < -0.4 is 16.2 Å². The lowest BCUT2D eigenvalue weighted by atomic mass is 10.1. The second-order valence-electron chi connectivity index (χ2n) is 5.16. The molecule has 3 rings (SSSR count). The Hall–Kier alpha value is -2.03. The predicted molar refractivity (Wildman–Crippen MR) is 103 cm³/mol. The van der Waals surface area contributed by atoms with E-state index in [4.69, 9.17) is 26.9 Å². The molecule has 0 aliphatic carbocycles. The molecule has 0 unspecified atom stereocenters. The molecule has 5 N–H and O–H groups in total. The number of primary sulfonamides is 1. The highest BCUT2D eigenvalue weighted by molar-refractivity contribution is 14.1. The fraction of sp³-hybridized carbons (Fsp3) is 0. The SMILES string of the molecule is Nc1nnc(-c2cc(S(N)(=O)=O)c(F)c(F)c2Nc2ccc(I)cc2Cl)o1. The Morgan fingerprint density at radius 2 is 1.89 bits per heavy atom. The molecule has 0 saturated carbocycles. The van der Waals surface area contributed by atoms with E-state index in [2.05, 4.69) is 15.5 Å². The topological polar surface area (TPSA) is 137 Å². The second kappa shape index (κ2) is 7.18. The summed E-state index contributed by atoms with van der Waals surface area (Å²) < 4.78 is 58.1. The molecule has 0 radical (unpaired) electrons. The number of benzene rings is 2. The summed E-state index contributed by atoms with van der Waals surface area (Å²) in [6.07, 6.45) is 0. The molecular weight excluding hydrogens is 519 g/mol. The highest BCUT2D eigenvalue weighted by atomic mass is 127. The molecule has 27 heavy (non-hydrogen) atoms. The molecule has 0 bridgehead atoms. The number of hydrogen-bond donors (Lipinski definition) is 3. The number of halogens is 4. The first-order chi connectivity index (χ1) is 12.6. The number of nitrogens with zero attached hydrogens (tertiary/aromatic N) is 2. The third kappa shape index (κ3) is 3.97. The van der Waals surface area contributed by atoms with Crippen molar-refractivity contribution in [2.24, 2.45) is 5.14 Å². The van der Waals surface area contributed by atoms with Gasteiger partial charge in [0.2, 0.25) is 10.0 Å². The maximum absolute atomic E-state index is 14.7. The van der Waals surface area contributed by atoms with Crippen molar-refractivity contribution >= 4 is 61.6 Å². The molecule has 0 atom stereocenters. The van der Waals surface area contributed by atoms with Crippen LogP contribution in [-0.2, 0) is 10.0 Å². The Bertz CT molecular complexity index is 1160. The number of sulfonamides is 1. The van der Waals surface area contributed by atoms with Gasteiger partial charge in [-0.15, -0.1) is 5.10 Å². The van der Waals surface area contributed by atoms with Gasteiger partial charge < -0.3 is 15.5 Å². The van der Waals surface area contributed by atoms with Gasteiger partial charge in [0.25, 0.3) is 5.89 Å². The molecular formula is C14H9ClF2IN5O3S. The fourth-order valence-corrected chi connectivity index (χ4v) is 3.69. The molecule has 1 aromatic heterocycles. The van der Waals surface area contributed by atoms with Gasteiger partial charge in [-0.3, -0.25) is 0 Å². The largest absolute Gasteiger partial charge is 0.403 e. The molecule has 3 aromatic rings. The minimum atomic E-state index is -4.57. The van der Waals surface area contributed by atoms with Crippen LogP contribution in [0.4, 0.5) is 26.2 Å². The average molecular weight is 528 g/mol. The van der Waals surface area contributed by atoms with E-state index in [0.29, 0.717) is 0 Å². The Balaban J connectivity index is 2.27. The standard InChI is InChI=1S/C14H9ClF2IN5O3S/c15-7-3-5(18)1-2-8(7)21-12-6(13-22-23-14(19)26-13)4-9(27(20,24)25)10(16)11(12)17/h1-4,21H,(H2,19,23)(H2,20,24,25). The molecule has 0 fully saturated rings. The maximum atomic E-state index is 14.7. The Labute approximate surface area is 170 Å². The Morgan fingerprint density at radius 1 is 1.19 bits per heavy atom. The summed E-state index contributed by atoms with van der Waals surface area (Å²) in [4.78, 5) is -1.08. The molecule has 1 heterocycles. The van der Waals surface area contributed by atoms with E-state index < -0.39 is 32.2 Å². The van der Waals surface area contributed by atoms with Gasteiger partial charge in [-0.05, 0) is 46.9 Å². The molecule has 0 amide bonds. The number of anilines is 3.